The van der Waals surface area contributed by atoms with Gasteiger partial charge in [-0.25, -0.2) is 0 Å². The first kappa shape index (κ1) is 16.9. The van der Waals surface area contributed by atoms with Crippen LogP contribution in [-0.2, 0) is 21.7 Å². The van der Waals surface area contributed by atoms with Crippen LogP contribution < -0.4 is 9.92 Å². The summed E-state index contributed by atoms with van der Waals surface area (Å²) in [4.78, 5) is 13.4. The highest BCUT2D eigenvalue weighted by Crippen LogP contribution is 2.43. The van der Waals surface area contributed by atoms with E-state index in [0.29, 0.717) is 0 Å². The Balaban J connectivity index is 2.06. The molecule has 1 aromatic rings. The smallest absolute Gasteiger partial charge is 0.446 e. The van der Waals surface area contributed by atoms with Gasteiger partial charge in [0.05, 0.1) is 24.7 Å². The van der Waals surface area contributed by atoms with Gasteiger partial charge in [0.15, 0.2) is 11.5 Å². The molecule has 132 valence electrons. The number of aliphatic hydroxyl groups is 2. The number of hydrogen-bond acceptors (Lipinski definition) is 8. The quantitative estimate of drug-likeness (QED) is 0.390. The predicted octanol–water partition coefficient (Wildman–Crippen LogP) is -1.59. The summed E-state index contributed by atoms with van der Waals surface area (Å²) >= 11 is 0. The summed E-state index contributed by atoms with van der Waals surface area (Å²) in [5, 5.41) is 30.8. The van der Waals surface area contributed by atoms with Gasteiger partial charge in [0.1, 0.15) is 6.10 Å². The number of aromatic hydroxyl groups is 1. The van der Waals surface area contributed by atoms with E-state index < -0.39 is 52.1 Å². The van der Waals surface area contributed by atoms with Crippen LogP contribution in [0.5, 0.6) is 11.5 Å². The van der Waals surface area contributed by atoms with Crippen LogP contribution in [0.3, 0.4) is 0 Å². The van der Waals surface area contributed by atoms with Crippen molar-refractivity contribution in [2.24, 2.45) is 5.73 Å². The molecule has 0 radical (unpaired) electrons. The zero-order chi connectivity index (χ0) is 17.8. The molecular formula is C13H16N2O8S. The molecule has 0 aliphatic carbocycles. The average molecular weight is 360 g/mol. The van der Waals surface area contributed by atoms with Crippen LogP contribution in [0.1, 0.15) is 23.7 Å². The maximum Gasteiger partial charge on any atom is 0.446 e. The Kier molecular flexibility index (Phi) is 3.92. The zero-order valence-electron chi connectivity index (χ0n) is 12.2. The third kappa shape index (κ3) is 2.70. The van der Waals surface area contributed by atoms with Crippen LogP contribution >= 0.6 is 0 Å². The minimum absolute atomic E-state index is 0.00231. The first-order valence-corrected chi connectivity index (χ1v) is 8.40. The van der Waals surface area contributed by atoms with Gasteiger partial charge < -0.3 is 30.1 Å². The number of rotatable bonds is 2. The number of phenolic OH excluding ortho intramolecular Hbond substituents is 1. The zero-order valence-corrected chi connectivity index (χ0v) is 13.0. The second-order valence-corrected chi connectivity index (χ2v) is 6.82. The Morgan fingerprint density at radius 2 is 1.96 bits per heavy atom. The number of piperidine rings is 1. The second-order valence-electron chi connectivity index (χ2n) is 5.80. The number of phenols is 1. The molecule has 11 heteroatoms. The fraction of sp³-hybridized carbons (Fsp3) is 0.462. The predicted molar refractivity (Wildman–Crippen MR) is 78.2 cm³/mol. The van der Waals surface area contributed by atoms with E-state index in [1.807, 2.05) is 0 Å². The van der Waals surface area contributed by atoms with Crippen molar-refractivity contribution in [3.05, 3.63) is 23.3 Å². The molecule has 2 heterocycles. The second kappa shape index (κ2) is 5.57. The third-order valence-electron chi connectivity index (χ3n) is 4.30. The summed E-state index contributed by atoms with van der Waals surface area (Å²) in [5.41, 5.74) is 5.93. The van der Waals surface area contributed by atoms with Crippen molar-refractivity contribution in [1.29, 1.82) is 0 Å². The third-order valence-corrected chi connectivity index (χ3v) is 4.69. The van der Waals surface area contributed by atoms with Crippen LogP contribution in [0, 0.1) is 0 Å². The molecule has 1 aromatic carbocycles. The summed E-state index contributed by atoms with van der Waals surface area (Å²) in [6.07, 6.45) is -2.34. The molecule has 0 spiro atoms. The maximum absolute atomic E-state index is 12.2. The molecule has 1 fully saturated rings. The topological polar surface area (TPSA) is 171 Å². The number of benzene rings is 1. The van der Waals surface area contributed by atoms with E-state index in [1.54, 1.807) is 0 Å². The van der Waals surface area contributed by atoms with Crippen LogP contribution in [0.15, 0.2) is 12.1 Å². The minimum atomic E-state index is -4.85. The Bertz CT molecular complexity index is 795. The van der Waals surface area contributed by atoms with E-state index in [1.165, 1.54) is 6.07 Å². The lowest BCUT2D eigenvalue weighted by Crippen LogP contribution is -2.62. The average Bonchev–Trinajstić information content (AvgIpc) is 2.46. The van der Waals surface area contributed by atoms with E-state index >= 15 is 0 Å². The number of fused-ring (bicyclic) bond motifs is 2. The monoisotopic (exact) mass is 360 g/mol. The molecule has 2 aliphatic rings. The molecule has 4 atom stereocenters. The van der Waals surface area contributed by atoms with Crippen molar-refractivity contribution in [3.8, 4) is 11.5 Å². The van der Waals surface area contributed by atoms with E-state index in [0.717, 1.165) is 11.0 Å². The van der Waals surface area contributed by atoms with Gasteiger partial charge in [0.2, 0.25) is 5.91 Å². The first-order chi connectivity index (χ1) is 11.1. The Hall–Kier alpha value is -1.92. The molecule has 0 bridgehead atoms. The summed E-state index contributed by atoms with van der Waals surface area (Å²) < 4.78 is 34.6. The standard InChI is InChI=1S/C13H16N2O8S/c14-7-3-8(16)10-12(18)5-1-2-9(23-24(20,21)22)11(17)6(5)4-15(10)13(7)19/h1-2,7-8,10,12,16-18H,3-4,14H2,(H,20,21,22). The molecule has 10 nitrogen and oxygen atoms in total. The van der Waals surface area contributed by atoms with Gasteiger partial charge in [-0.3, -0.25) is 9.35 Å². The summed E-state index contributed by atoms with van der Waals surface area (Å²) in [6, 6.07) is 0.495. The molecule has 1 amide bonds. The molecular weight excluding hydrogens is 344 g/mol. The molecule has 1 saturated heterocycles. The number of carbonyl (C=O) groups excluding carboxylic acids is 1. The Morgan fingerprint density at radius 3 is 2.58 bits per heavy atom. The first-order valence-electron chi connectivity index (χ1n) is 7.04. The van der Waals surface area contributed by atoms with Gasteiger partial charge >= 0.3 is 10.4 Å². The lowest BCUT2D eigenvalue weighted by Gasteiger charge is -2.47. The van der Waals surface area contributed by atoms with Gasteiger partial charge in [-0.05, 0) is 18.1 Å². The van der Waals surface area contributed by atoms with Crippen molar-refractivity contribution < 1.29 is 37.3 Å². The Labute approximate surface area is 137 Å². The number of nitrogens with two attached hydrogens (primary N) is 1. The molecule has 3 rings (SSSR count). The summed E-state index contributed by atoms with van der Waals surface area (Å²) in [7, 11) is -4.85. The fourth-order valence-electron chi connectivity index (χ4n) is 3.24. The highest BCUT2D eigenvalue weighted by atomic mass is 32.3. The number of nitrogens with zero attached hydrogens (tertiary/aromatic N) is 1. The maximum atomic E-state index is 12.2. The van der Waals surface area contributed by atoms with Crippen LogP contribution in [0.4, 0.5) is 0 Å². The molecule has 4 unspecified atom stereocenters. The lowest BCUT2D eigenvalue weighted by atomic mass is 9.82. The Morgan fingerprint density at radius 1 is 1.29 bits per heavy atom. The van der Waals surface area contributed by atoms with Crippen molar-refractivity contribution >= 4 is 16.3 Å². The van der Waals surface area contributed by atoms with Crippen molar-refractivity contribution in [2.75, 3.05) is 0 Å². The lowest BCUT2D eigenvalue weighted by molar-refractivity contribution is -0.153. The normalized spacial score (nSPS) is 29.8. The van der Waals surface area contributed by atoms with E-state index in [-0.39, 0.29) is 24.1 Å². The van der Waals surface area contributed by atoms with Gasteiger partial charge in [-0.2, -0.15) is 8.42 Å². The van der Waals surface area contributed by atoms with Gasteiger partial charge in [0, 0.05) is 5.56 Å². The fourth-order valence-corrected chi connectivity index (χ4v) is 3.60. The van der Waals surface area contributed by atoms with Crippen molar-refractivity contribution in [1.82, 2.24) is 4.90 Å². The number of carbonyl (C=O) groups is 1. The van der Waals surface area contributed by atoms with Crippen molar-refractivity contribution in [2.45, 2.75) is 37.3 Å². The molecule has 0 aromatic heterocycles. The van der Waals surface area contributed by atoms with Gasteiger partial charge in [-0.1, -0.05) is 6.07 Å². The van der Waals surface area contributed by atoms with Gasteiger partial charge in [0.25, 0.3) is 0 Å². The van der Waals surface area contributed by atoms with E-state index in [4.69, 9.17) is 10.3 Å². The summed E-state index contributed by atoms with van der Waals surface area (Å²) in [6.45, 7) is -0.199. The van der Waals surface area contributed by atoms with Crippen molar-refractivity contribution in [3.63, 3.8) is 0 Å². The van der Waals surface area contributed by atoms with Crippen LogP contribution in [0.2, 0.25) is 0 Å². The summed E-state index contributed by atoms with van der Waals surface area (Å²) in [5.74, 6) is -1.68. The minimum Gasteiger partial charge on any atom is -0.504 e. The highest BCUT2D eigenvalue weighted by molar-refractivity contribution is 7.81. The number of hydrogen-bond donors (Lipinski definition) is 5. The molecule has 2 aliphatic heterocycles. The SMILES string of the molecule is NC1CC(O)C2C(O)c3ccc(OS(=O)(=O)O)c(O)c3CN2C1=O. The van der Waals surface area contributed by atoms with E-state index in [2.05, 4.69) is 4.18 Å². The van der Waals surface area contributed by atoms with Crippen LogP contribution in [0.25, 0.3) is 0 Å². The molecule has 0 saturated carbocycles. The number of aliphatic hydroxyl groups excluding tert-OH is 2. The van der Waals surface area contributed by atoms with Crippen LogP contribution in [-0.4, -0.2) is 57.3 Å². The number of amides is 1. The van der Waals surface area contributed by atoms with E-state index in [9.17, 15) is 28.5 Å². The molecule has 24 heavy (non-hydrogen) atoms. The largest absolute Gasteiger partial charge is 0.504 e. The molecule has 6 N–H and O–H groups in total. The van der Waals surface area contributed by atoms with Gasteiger partial charge in [-0.15, -0.1) is 0 Å². The highest BCUT2D eigenvalue weighted by Gasteiger charge is 2.47.